The van der Waals surface area contributed by atoms with Crippen LogP contribution in [0.5, 0.6) is 0 Å². The number of hydrogen-bond acceptors (Lipinski definition) is 4. The first-order chi connectivity index (χ1) is 9.20. The van der Waals surface area contributed by atoms with Gasteiger partial charge in [-0.25, -0.2) is 4.98 Å². The van der Waals surface area contributed by atoms with Crippen LogP contribution in [0, 0.1) is 0 Å². The molecular formula is C12H24IN7. The Bertz CT molecular complexity index is 431. The molecule has 1 aliphatic heterocycles. The van der Waals surface area contributed by atoms with Crippen LogP contribution in [0.15, 0.2) is 11.3 Å². The summed E-state index contributed by atoms with van der Waals surface area (Å²) in [5.41, 5.74) is 0. The Balaban J connectivity index is 0.00000200. The van der Waals surface area contributed by atoms with Crippen LogP contribution >= 0.6 is 24.0 Å². The molecule has 114 valence electrons. The fourth-order valence-corrected chi connectivity index (χ4v) is 2.32. The molecule has 1 aromatic rings. The minimum atomic E-state index is 0. The second-order valence-electron chi connectivity index (χ2n) is 4.88. The van der Waals surface area contributed by atoms with Crippen molar-refractivity contribution in [3.05, 3.63) is 12.2 Å². The van der Waals surface area contributed by atoms with Crippen molar-refractivity contribution in [3.63, 3.8) is 0 Å². The molecule has 2 heterocycles. The highest BCUT2D eigenvalue weighted by atomic mass is 127. The Morgan fingerprint density at radius 2 is 2.25 bits per heavy atom. The average molecular weight is 393 g/mol. The van der Waals surface area contributed by atoms with Gasteiger partial charge in [0.15, 0.2) is 5.96 Å². The lowest BCUT2D eigenvalue weighted by Gasteiger charge is -2.21. The van der Waals surface area contributed by atoms with Crippen LogP contribution in [-0.4, -0.2) is 58.9 Å². The number of aliphatic imine (C=N–C) groups is 1. The molecule has 1 fully saturated rings. The van der Waals surface area contributed by atoms with Gasteiger partial charge >= 0.3 is 0 Å². The standard InChI is InChI=1S/C12H23N7.HI/c1-13-12(14-7-10-5-4-6-18(10)2)15-8-11-16-9-17-19(11)3;/h9-10H,4-8H2,1-3H3,(H2,13,14,15);1H. The van der Waals surface area contributed by atoms with Crippen molar-refractivity contribution in [2.24, 2.45) is 12.0 Å². The van der Waals surface area contributed by atoms with Gasteiger partial charge in [-0.2, -0.15) is 5.10 Å². The topological polar surface area (TPSA) is 70.4 Å². The summed E-state index contributed by atoms with van der Waals surface area (Å²) in [5, 5.41) is 10.6. The van der Waals surface area contributed by atoms with Crippen molar-refractivity contribution >= 4 is 29.9 Å². The maximum absolute atomic E-state index is 4.22. The quantitative estimate of drug-likeness (QED) is 0.434. The van der Waals surface area contributed by atoms with Gasteiger partial charge in [0, 0.05) is 26.7 Å². The number of guanidine groups is 1. The maximum Gasteiger partial charge on any atom is 0.191 e. The Hall–Kier alpha value is -0.900. The summed E-state index contributed by atoms with van der Waals surface area (Å²) in [7, 11) is 5.84. The second kappa shape index (κ2) is 8.40. The number of hydrogen-bond donors (Lipinski definition) is 2. The molecule has 1 saturated heterocycles. The van der Waals surface area contributed by atoms with Crippen molar-refractivity contribution < 1.29 is 0 Å². The Kier molecular flexibility index (Phi) is 7.20. The predicted molar refractivity (Wildman–Crippen MR) is 90.3 cm³/mol. The molecule has 0 spiro atoms. The molecule has 0 radical (unpaired) electrons. The van der Waals surface area contributed by atoms with Gasteiger partial charge in [-0.15, -0.1) is 24.0 Å². The molecule has 2 N–H and O–H groups in total. The van der Waals surface area contributed by atoms with E-state index in [-0.39, 0.29) is 24.0 Å². The largest absolute Gasteiger partial charge is 0.355 e. The van der Waals surface area contributed by atoms with E-state index in [9.17, 15) is 0 Å². The number of rotatable bonds is 4. The molecule has 1 aromatic heterocycles. The van der Waals surface area contributed by atoms with E-state index in [0.717, 1.165) is 18.3 Å². The summed E-state index contributed by atoms with van der Waals surface area (Å²) < 4.78 is 1.75. The zero-order valence-corrected chi connectivity index (χ0v) is 14.7. The molecule has 0 aromatic carbocycles. The van der Waals surface area contributed by atoms with Crippen LogP contribution in [0.1, 0.15) is 18.7 Å². The number of aromatic nitrogens is 3. The molecule has 0 aliphatic carbocycles. The van der Waals surface area contributed by atoms with E-state index in [2.05, 4.69) is 37.7 Å². The summed E-state index contributed by atoms with van der Waals surface area (Å²) in [4.78, 5) is 10.8. The molecule has 0 amide bonds. The van der Waals surface area contributed by atoms with Crippen LogP contribution in [0.4, 0.5) is 0 Å². The number of likely N-dealkylation sites (N-methyl/N-ethyl adjacent to an activating group) is 1. The van der Waals surface area contributed by atoms with Gasteiger partial charge in [0.25, 0.3) is 0 Å². The summed E-state index contributed by atoms with van der Waals surface area (Å²) in [6.07, 6.45) is 4.10. The van der Waals surface area contributed by atoms with E-state index in [1.807, 2.05) is 7.05 Å². The van der Waals surface area contributed by atoms with Gasteiger partial charge in [-0.1, -0.05) is 0 Å². The molecule has 8 heteroatoms. The summed E-state index contributed by atoms with van der Waals surface area (Å²) in [6, 6.07) is 0.605. The summed E-state index contributed by atoms with van der Waals surface area (Å²) in [6.45, 7) is 2.74. The minimum absolute atomic E-state index is 0. The number of aryl methyl sites for hydroxylation is 1. The van der Waals surface area contributed by atoms with Crippen molar-refractivity contribution in [2.45, 2.75) is 25.4 Å². The number of nitrogens with zero attached hydrogens (tertiary/aromatic N) is 5. The van der Waals surface area contributed by atoms with Crippen LogP contribution in [0.25, 0.3) is 0 Å². The third kappa shape index (κ3) is 4.58. The van der Waals surface area contributed by atoms with Gasteiger partial charge in [0.1, 0.15) is 12.2 Å². The van der Waals surface area contributed by atoms with Crippen molar-refractivity contribution in [1.82, 2.24) is 30.3 Å². The van der Waals surface area contributed by atoms with Gasteiger partial charge in [-0.3, -0.25) is 9.67 Å². The number of nitrogens with one attached hydrogen (secondary N) is 2. The highest BCUT2D eigenvalue weighted by Crippen LogP contribution is 2.13. The van der Waals surface area contributed by atoms with Crippen LogP contribution in [0.2, 0.25) is 0 Å². The third-order valence-electron chi connectivity index (χ3n) is 3.62. The smallest absolute Gasteiger partial charge is 0.191 e. The highest BCUT2D eigenvalue weighted by molar-refractivity contribution is 14.0. The van der Waals surface area contributed by atoms with Gasteiger partial charge < -0.3 is 15.5 Å². The fraction of sp³-hybridized carbons (Fsp3) is 0.750. The van der Waals surface area contributed by atoms with E-state index in [4.69, 9.17) is 0 Å². The Morgan fingerprint density at radius 1 is 1.45 bits per heavy atom. The molecule has 1 unspecified atom stereocenters. The summed E-state index contributed by atoms with van der Waals surface area (Å²) >= 11 is 0. The molecule has 2 rings (SSSR count). The maximum atomic E-state index is 4.22. The van der Waals surface area contributed by atoms with Crippen molar-refractivity contribution in [2.75, 3.05) is 27.2 Å². The normalized spacial score (nSPS) is 19.8. The monoisotopic (exact) mass is 393 g/mol. The van der Waals surface area contributed by atoms with Crippen molar-refractivity contribution in [1.29, 1.82) is 0 Å². The van der Waals surface area contributed by atoms with Crippen LogP contribution in [-0.2, 0) is 13.6 Å². The molecule has 1 atom stereocenters. The van der Waals surface area contributed by atoms with E-state index >= 15 is 0 Å². The van der Waals surface area contributed by atoms with E-state index in [0.29, 0.717) is 12.6 Å². The predicted octanol–water partition coefficient (Wildman–Crippen LogP) is 0.192. The fourth-order valence-electron chi connectivity index (χ4n) is 2.32. The molecular weight excluding hydrogens is 369 g/mol. The molecule has 20 heavy (non-hydrogen) atoms. The van der Waals surface area contributed by atoms with E-state index < -0.39 is 0 Å². The number of likely N-dealkylation sites (tertiary alicyclic amines) is 1. The average Bonchev–Trinajstić information content (AvgIpc) is 2.99. The SMILES string of the molecule is CN=C(NCc1ncnn1C)NCC1CCCN1C.I. The lowest BCUT2D eigenvalue weighted by atomic mass is 10.2. The molecule has 0 saturated carbocycles. The van der Waals surface area contributed by atoms with Crippen molar-refractivity contribution in [3.8, 4) is 0 Å². The third-order valence-corrected chi connectivity index (χ3v) is 3.62. The second-order valence-corrected chi connectivity index (χ2v) is 4.88. The first-order valence-corrected chi connectivity index (χ1v) is 6.68. The molecule has 1 aliphatic rings. The highest BCUT2D eigenvalue weighted by Gasteiger charge is 2.20. The first kappa shape index (κ1) is 17.2. The van der Waals surface area contributed by atoms with E-state index in [1.54, 1.807) is 18.1 Å². The zero-order chi connectivity index (χ0) is 13.7. The van der Waals surface area contributed by atoms with Gasteiger partial charge in [0.2, 0.25) is 0 Å². The van der Waals surface area contributed by atoms with Crippen LogP contribution in [0.3, 0.4) is 0 Å². The Morgan fingerprint density at radius 3 is 2.80 bits per heavy atom. The summed E-state index contributed by atoms with van der Waals surface area (Å²) in [5.74, 6) is 1.70. The van der Waals surface area contributed by atoms with Gasteiger partial charge in [0.05, 0.1) is 6.54 Å². The lowest BCUT2D eigenvalue weighted by molar-refractivity contribution is 0.309. The zero-order valence-electron chi connectivity index (χ0n) is 12.3. The Labute approximate surface area is 137 Å². The minimum Gasteiger partial charge on any atom is -0.355 e. The van der Waals surface area contributed by atoms with Crippen LogP contribution < -0.4 is 10.6 Å². The van der Waals surface area contributed by atoms with Gasteiger partial charge in [-0.05, 0) is 26.4 Å². The molecule has 0 bridgehead atoms. The lowest BCUT2D eigenvalue weighted by Crippen LogP contribution is -2.43. The first-order valence-electron chi connectivity index (χ1n) is 6.68. The number of halogens is 1. The van der Waals surface area contributed by atoms with E-state index in [1.165, 1.54) is 19.4 Å². The molecule has 7 nitrogen and oxygen atoms in total.